The van der Waals surface area contributed by atoms with Gasteiger partial charge in [-0.1, -0.05) is 6.07 Å². The first kappa shape index (κ1) is 23.5. The summed E-state index contributed by atoms with van der Waals surface area (Å²) in [7, 11) is 0. The van der Waals surface area contributed by atoms with Crippen LogP contribution in [0.3, 0.4) is 0 Å². The molecule has 0 radical (unpaired) electrons. The van der Waals surface area contributed by atoms with E-state index in [9.17, 15) is 19.2 Å². The van der Waals surface area contributed by atoms with Crippen LogP contribution in [-0.2, 0) is 19.1 Å². The number of anilines is 2. The topological polar surface area (TPSA) is 120 Å². The third-order valence-corrected chi connectivity index (χ3v) is 5.12. The van der Waals surface area contributed by atoms with Gasteiger partial charge in [-0.05, 0) is 45.4 Å². The van der Waals surface area contributed by atoms with Crippen LogP contribution >= 0.6 is 0 Å². The fourth-order valence-electron chi connectivity index (χ4n) is 3.54. The molecule has 2 heterocycles. The number of piperazine rings is 1. The largest absolute Gasteiger partial charge is 0.444 e. The molecule has 174 valence electrons. The Kier molecular flexibility index (Phi) is 7.34. The molecule has 2 fully saturated rings. The Bertz CT molecular complexity index is 874. The van der Waals surface area contributed by atoms with Crippen LogP contribution in [0.25, 0.3) is 0 Å². The third kappa shape index (κ3) is 6.94. The van der Waals surface area contributed by atoms with Crippen molar-refractivity contribution in [3.05, 3.63) is 24.3 Å². The summed E-state index contributed by atoms with van der Waals surface area (Å²) < 4.78 is 5.39. The standard InChI is InChI=1S/C22H31N5O5/c1-22(2,3)32-21(31)27-11-9-26(10-12-27)14-19(29)24-16-6-4-5-15(13-16)23-17-7-8-18(28)25-20(17)30/h4-6,13,17,23H,7-12,14H2,1-3H3,(H,24,29)(H,25,28,30). The van der Waals surface area contributed by atoms with Crippen LogP contribution in [0.5, 0.6) is 0 Å². The lowest BCUT2D eigenvalue weighted by molar-refractivity contribution is -0.133. The van der Waals surface area contributed by atoms with Gasteiger partial charge in [0, 0.05) is 44.0 Å². The van der Waals surface area contributed by atoms with Gasteiger partial charge < -0.3 is 20.3 Å². The van der Waals surface area contributed by atoms with Gasteiger partial charge in [0.25, 0.3) is 0 Å². The van der Waals surface area contributed by atoms with Crippen LogP contribution in [0.4, 0.5) is 16.2 Å². The fourth-order valence-corrected chi connectivity index (χ4v) is 3.54. The first-order chi connectivity index (χ1) is 15.1. The lowest BCUT2D eigenvalue weighted by Gasteiger charge is -2.35. The maximum absolute atomic E-state index is 12.5. The van der Waals surface area contributed by atoms with E-state index < -0.39 is 11.6 Å². The average molecular weight is 446 g/mol. The van der Waals surface area contributed by atoms with E-state index in [2.05, 4.69) is 16.0 Å². The van der Waals surface area contributed by atoms with Crippen molar-refractivity contribution in [3.63, 3.8) is 0 Å². The molecule has 0 saturated carbocycles. The second-order valence-corrected chi connectivity index (χ2v) is 9.02. The van der Waals surface area contributed by atoms with Gasteiger partial charge >= 0.3 is 6.09 Å². The molecule has 0 aliphatic carbocycles. The van der Waals surface area contributed by atoms with Gasteiger partial charge in [-0.25, -0.2) is 4.79 Å². The van der Waals surface area contributed by atoms with E-state index >= 15 is 0 Å². The van der Waals surface area contributed by atoms with Crippen LogP contribution < -0.4 is 16.0 Å². The first-order valence-corrected chi connectivity index (χ1v) is 10.8. The number of carbonyl (C=O) groups excluding carboxylic acids is 4. The summed E-state index contributed by atoms with van der Waals surface area (Å²) in [6, 6.07) is 6.62. The molecule has 1 unspecified atom stereocenters. The number of piperidine rings is 1. The number of benzene rings is 1. The van der Waals surface area contributed by atoms with Crippen molar-refractivity contribution in [2.24, 2.45) is 0 Å². The minimum atomic E-state index is -0.532. The predicted molar refractivity (Wildman–Crippen MR) is 119 cm³/mol. The van der Waals surface area contributed by atoms with Crippen LogP contribution in [-0.4, -0.2) is 78.0 Å². The number of ether oxygens (including phenoxy) is 1. The molecule has 10 nitrogen and oxygen atoms in total. The second-order valence-electron chi connectivity index (χ2n) is 9.02. The summed E-state index contributed by atoms with van der Waals surface area (Å²) >= 11 is 0. The Morgan fingerprint density at radius 3 is 2.47 bits per heavy atom. The number of carbonyl (C=O) groups is 4. The van der Waals surface area contributed by atoms with E-state index in [0.717, 1.165) is 0 Å². The maximum Gasteiger partial charge on any atom is 0.410 e. The summed E-state index contributed by atoms with van der Waals surface area (Å²) in [5, 5.41) is 8.29. The van der Waals surface area contributed by atoms with E-state index in [1.54, 1.807) is 29.2 Å². The molecule has 0 spiro atoms. The summed E-state index contributed by atoms with van der Waals surface area (Å²) in [6.07, 6.45) is 0.388. The number of imide groups is 1. The van der Waals surface area contributed by atoms with Crippen molar-refractivity contribution >= 4 is 35.2 Å². The van der Waals surface area contributed by atoms with Crippen LogP contribution in [0, 0.1) is 0 Å². The highest BCUT2D eigenvalue weighted by Gasteiger charge is 2.27. The SMILES string of the molecule is CC(C)(C)OC(=O)N1CCN(CC(=O)Nc2cccc(NC3CCC(=O)NC3=O)c2)CC1. The predicted octanol–water partition coefficient (Wildman–Crippen LogP) is 1.39. The smallest absolute Gasteiger partial charge is 0.410 e. The van der Waals surface area contributed by atoms with E-state index in [1.165, 1.54) is 0 Å². The molecule has 1 atom stereocenters. The molecule has 0 aromatic heterocycles. The molecule has 3 rings (SSSR count). The Hall–Kier alpha value is -3.14. The van der Waals surface area contributed by atoms with E-state index in [-0.39, 0.29) is 30.4 Å². The third-order valence-electron chi connectivity index (χ3n) is 5.12. The molecule has 0 bridgehead atoms. The zero-order valence-corrected chi connectivity index (χ0v) is 18.8. The van der Waals surface area contributed by atoms with Crippen molar-refractivity contribution in [2.45, 2.75) is 45.3 Å². The van der Waals surface area contributed by atoms with Gasteiger partial charge in [0.05, 0.1) is 6.54 Å². The van der Waals surface area contributed by atoms with Crippen molar-refractivity contribution in [1.29, 1.82) is 0 Å². The average Bonchev–Trinajstić information content (AvgIpc) is 2.69. The Labute approximate surface area is 187 Å². The van der Waals surface area contributed by atoms with Gasteiger partial charge in [0.2, 0.25) is 17.7 Å². The fraction of sp³-hybridized carbons (Fsp3) is 0.545. The molecule has 32 heavy (non-hydrogen) atoms. The number of rotatable bonds is 5. The summed E-state index contributed by atoms with van der Waals surface area (Å²) in [6.45, 7) is 7.91. The molecule has 1 aromatic carbocycles. The van der Waals surface area contributed by atoms with Crippen molar-refractivity contribution < 1.29 is 23.9 Å². The molecule has 2 aliphatic rings. The summed E-state index contributed by atoms with van der Waals surface area (Å²) in [5.41, 5.74) is 0.762. The van der Waals surface area contributed by atoms with E-state index in [4.69, 9.17) is 4.74 Å². The van der Waals surface area contributed by atoms with Crippen molar-refractivity contribution in [3.8, 4) is 0 Å². The van der Waals surface area contributed by atoms with Crippen molar-refractivity contribution in [1.82, 2.24) is 15.1 Å². The van der Waals surface area contributed by atoms with E-state index in [0.29, 0.717) is 50.4 Å². The zero-order valence-electron chi connectivity index (χ0n) is 18.8. The number of hydrogen-bond acceptors (Lipinski definition) is 7. The Morgan fingerprint density at radius 1 is 1.12 bits per heavy atom. The van der Waals surface area contributed by atoms with Gasteiger partial charge in [0.15, 0.2) is 0 Å². The Balaban J connectivity index is 1.45. The number of amides is 4. The molecular formula is C22H31N5O5. The van der Waals surface area contributed by atoms with Gasteiger partial charge in [-0.2, -0.15) is 0 Å². The molecule has 2 aliphatic heterocycles. The molecule has 4 amide bonds. The second kappa shape index (κ2) is 9.99. The first-order valence-electron chi connectivity index (χ1n) is 10.8. The van der Waals surface area contributed by atoms with Crippen LogP contribution in [0.15, 0.2) is 24.3 Å². The van der Waals surface area contributed by atoms with Crippen LogP contribution in [0.1, 0.15) is 33.6 Å². The minimum Gasteiger partial charge on any atom is -0.444 e. The highest BCUT2D eigenvalue weighted by molar-refractivity contribution is 6.01. The summed E-state index contributed by atoms with van der Waals surface area (Å²) in [5.74, 6) is -0.768. The molecule has 2 saturated heterocycles. The monoisotopic (exact) mass is 445 g/mol. The lowest BCUT2D eigenvalue weighted by Crippen LogP contribution is -2.51. The minimum absolute atomic E-state index is 0.158. The number of nitrogens with one attached hydrogen (secondary N) is 3. The zero-order chi connectivity index (χ0) is 23.3. The highest BCUT2D eigenvalue weighted by atomic mass is 16.6. The quantitative estimate of drug-likeness (QED) is 0.586. The van der Waals surface area contributed by atoms with Gasteiger partial charge in [0.1, 0.15) is 11.6 Å². The lowest BCUT2D eigenvalue weighted by atomic mass is 10.1. The van der Waals surface area contributed by atoms with Gasteiger partial charge in [-0.15, -0.1) is 0 Å². The molecule has 1 aromatic rings. The normalized spacial score (nSPS) is 19.8. The van der Waals surface area contributed by atoms with Crippen LogP contribution in [0.2, 0.25) is 0 Å². The Morgan fingerprint density at radius 2 is 1.81 bits per heavy atom. The summed E-state index contributed by atoms with van der Waals surface area (Å²) in [4.78, 5) is 51.5. The molecule has 3 N–H and O–H groups in total. The highest BCUT2D eigenvalue weighted by Crippen LogP contribution is 2.19. The molecule has 10 heteroatoms. The number of hydrogen-bond donors (Lipinski definition) is 3. The molecular weight excluding hydrogens is 414 g/mol. The maximum atomic E-state index is 12.5. The van der Waals surface area contributed by atoms with Gasteiger partial charge in [-0.3, -0.25) is 24.6 Å². The van der Waals surface area contributed by atoms with E-state index in [1.807, 2.05) is 25.7 Å². The number of nitrogens with zero attached hydrogens (tertiary/aromatic N) is 2. The van der Waals surface area contributed by atoms with Crippen molar-refractivity contribution in [2.75, 3.05) is 43.4 Å².